The first-order valence-corrected chi connectivity index (χ1v) is 9.65. The number of aromatic nitrogens is 1. The van der Waals surface area contributed by atoms with Gasteiger partial charge in [-0.1, -0.05) is 6.07 Å². The fourth-order valence-electron chi connectivity index (χ4n) is 2.99. The maximum atomic E-state index is 12.7. The Morgan fingerprint density at radius 1 is 1.21 bits per heavy atom. The van der Waals surface area contributed by atoms with Crippen LogP contribution in [0, 0.1) is 13.8 Å². The third-order valence-electron chi connectivity index (χ3n) is 4.53. The number of nitrogens with one attached hydrogen (secondary N) is 1. The van der Waals surface area contributed by atoms with Crippen LogP contribution in [0.5, 0.6) is 0 Å². The van der Waals surface area contributed by atoms with Gasteiger partial charge < -0.3 is 5.32 Å². The zero-order valence-corrected chi connectivity index (χ0v) is 14.9. The average molecular weight is 345 g/mol. The summed E-state index contributed by atoms with van der Waals surface area (Å²) in [6.45, 7) is 5.20. The van der Waals surface area contributed by atoms with E-state index in [1.807, 2.05) is 0 Å². The van der Waals surface area contributed by atoms with Crippen LogP contribution in [0.3, 0.4) is 0 Å². The molecule has 0 bridgehead atoms. The van der Waals surface area contributed by atoms with Gasteiger partial charge in [-0.3, -0.25) is 4.98 Å². The molecular formula is C18H23N3O2S. The minimum atomic E-state index is -3.47. The Bertz CT molecular complexity index is 806. The number of pyridine rings is 1. The average Bonchev–Trinajstić information content (AvgIpc) is 2.59. The van der Waals surface area contributed by atoms with Crippen LogP contribution in [0.15, 0.2) is 47.6 Å². The lowest BCUT2D eigenvalue weighted by Crippen LogP contribution is -2.45. The maximum Gasteiger partial charge on any atom is 0.244 e. The molecule has 1 N–H and O–H groups in total. The number of rotatable bonds is 4. The van der Waals surface area contributed by atoms with E-state index in [1.54, 1.807) is 22.6 Å². The minimum Gasteiger partial charge on any atom is -0.381 e. The molecule has 5 nitrogen and oxygen atoms in total. The molecule has 1 aliphatic heterocycles. The monoisotopic (exact) mass is 345 g/mol. The third-order valence-corrected chi connectivity index (χ3v) is 6.38. The van der Waals surface area contributed by atoms with Crippen LogP contribution >= 0.6 is 0 Å². The maximum absolute atomic E-state index is 12.7. The molecule has 0 spiro atoms. The van der Waals surface area contributed by atoms with Crippen molar-refractivity contribution in [2.45, 2.75) is 37.6 Å². The van der Waals surface area contributed by atoms with Crippen LogP contribution in [0.25, 0.3) is 0 Å². The first-order valence-electron chi connectivity index (χ1n) is 8.21. The summed E-state index contributed by atoms with van der Waals surface area (Å²) in [4.78, 5) is 4.19. The summed E-state index contributed by atoms with van der Waals surface area (Å²) in [7, 11) is -3.47. The van der Waals surface area contributed by atoms with Gasteiger partial charge in [-0.05, 0) is 62.1 Å². The highest BCUT2D eigenvalue weighted by molar-refractivity contribution is 7.89. The summed E-state index contributed by atoms with van der Waals surface area (Å²) in [5.74, 6) is 0. The summed E-state index contributed by atoms with van der Waals surface area (Å²) in [5, 5.41) is 3.48. The molecule has 1 saturated heterocycles. The molecule has 3 rings (SSSR count). The zero-order valence-electron chi connectivity index (χ0n) is 14.1. The van der Waals surface area contributed by atoms with E-state index in [-0.39, 0.29) is 10.9 Å². The van der Waals surface area contributed by atoms with Crippen LogP contribution < -0.4 is 5.32 Å². The van der Waals surface area contributed by atoms with E-state index in [1.165, 1.54) is 17.3 Å². The van der Waals surface area contributed by atoms with Gasteiger partial charge >= 0.3 is 0 Å². The van der Waals surface area contributed by atoms with E-state index in [2.05, 4.69) is 42.3 Å². The van der Waals surface area contributed by atoms with E-state index >= 15 is 0 Å². The normalized spacial score (nSPS) is 19.2. The minimum absolute atomic E-state index is 0.118. The van der Waals surface area contributed by atoms with Crippen LogP contribution in [-0.4, -0.2) is 36.8 Å². The highest BCUT2D eigenvalue weighted by Gasteiger charge is 2.30. The van der Waals surface area contributed by atoms with E-state index < -0.39 is 10.0 Å². The van der Waals surface area contributed by atoms with E-state index in [9.17, 15) is 8.42 Å². The Morgan fingerprint density at radius 2 is 2.04 bits per heavy atom. The number of benzene rings is 1. The number of piperidine rings is 1. The smallest absolute Gasteiger partial charge is 0.244 e. The topological polar surface area (TPSA) is 62.3 Å². The van der Waals surface area contributed by atoms with Crippen molar-refractivity contribution < 1.29 is 8.42 Å². The highest BCUT2D eigenvalue weighted by Crippen LogP contribution is 2.23. The highest BCUT2D eigenvalue weighted by atomic mass is 32.2. The fourth-order valence-corrected chi connectivity index (χ4v) is 4.48. The van der Waals surface area contributed by atoms with Crippen LogP contribution in [-0.2, 0) is 10.0 Å². The molecule has 2 aromatic rings. The number of hydrogen-bond acceptors (Lipinski definition) is 4. The molecule has 24 heavy (non-hydrogen) atoms. The molecule has 1 aliphatic rings. The van der Waals surface area contributed by atoms with Gasteiger partial charge in [-0.15, -0.1) is 0 Å². The second-order valence-corrected chi connectivity index (χ2v) is 8.27. The molecular weight excluding hydrogens is 322 g/mol. The van der Waals surface area contributed by atoms with E-state index in [0.717, 1.165) is 18.5 Å². The van der Waals surface area contributed by atoms with Crippen molar-refractivity contribution in [1.29, 1.82) is 0 Å². The molecule has 1 atom stereocenters. The van der Waals surface area contributed by atoms with E-state index in [4.69, 9.17) is 0 Å². The van der Waals surface area contributed by atoms with Gasteiger partial charge in [0.1, 0.15) is 4.90 Å². The first-order chi connectivity index (χ1) is 11.5. The van der Waals surface area contributed by atoms with Crippen molar-refractivity contribution in [3.63, 3.8) is 0 Å². The second-order valence-electron chi connectivity index (χ2n) is 6.33. The molecule has 0 saturated carbocycles. The SMILES string of the molecule is Cc1ccc(N[C@@H]2CCCN(S(=O)(=O)c3cccnc3)C2)cc1C. The van der Waals surface area contributed by atoms with Crippen molar-refractivity contribution in [2.75, 3.05) is 18.4 Å². The zero-order chi connectivity index (χ0) is 17.2. The standard InChI is InChI=1S/C18H23N3O2S/c1-14-7-8-16(11-15(14)2)20-17-5-4-10-21(13-17)24(22,23)18-6-3-9-19-12-18/h3,6-9,11-12,17,20H,4-5,10,13H2,1-2H3/t17-/m1/s1. The Balaban J connectivity index is 1.73. The van der Waals surface area contributed by atoms with Gasteiger partial charge in [-0.25, -0.2) is 8.42 Å². The summed E-state index contributed by atoms with van der Waals surface area (Å²) >= 11 is 0. The largest absolute Gasteiger partial charge is 0.381 e. The van der Waals surface area contributed by atoms with Crippen LogP contribution in [0.2, 0.25) is 0 Å². The summed E-state index contributed by atoms with van der Waals surface area (Å²) in [6, 6.07) is 9.63. The van der Waals surface area contributed by atoms with E-state index in [0.29, 0.717) is 13.1 Å². The molecule has 0 radical (unpaired) electrons. The van der Waals surface area contributed by atoms with Crippen molar-refractivity contribution in [2.24, 2.45) is 0 Å². The van der Waals surface area contributed by atoms with Crippen molar-refractivity contribution in [3.05, 3.63) is 53.9 Å². The molecule has 0 unspecified atom stereocenters. The van der Waals surface area contributed by atoms with Gasteiger partial charge in [0.05, 0.1) is 0 Å². The summed E-state index contributed by atoms with van der Waals surface area (Å²) < 4.78 is 27.0. The molecule has 0 amide bonds. The van der Waals surface area contributed by atoms with Gasteiger partial charge in [0.15, 0.2) is 0 Å². The molecule has 128 valence electrons. The summed E-state index contributed by atoms with van der Waals surface area (Å²) in [6.07, 6.45) is 4.81. The van der Waals surface area contributed by atoms with Crippen LogP contribution in [0.4, 0.5) is 5.69 Å². The first kappa shape index (κ1) is 16.9. The van der Waals surface area contributed by atoms with Crippen LogP contribution in [0.1, 0.15) is 24.0 Å². The lowest BCUT2D eigenvalue weighted by molar-refractivity contribution is 0.327. The van der Waals surface area contributed by atoms with Gasteiger partial charge in [0, 0.05) is 37.2 Å². The molecule has 0 aliphatic carbocycles. The number of sulfonamides is 1. The van der Waals surface area contributed by atoms with Gasteiger partial charge in [0.2, 0.25) is 10.0 Å². The fraction of sp³-hybridized carbons (Fsp3) is 0.389. The Hall–Kier alpha value is -1.92. The lowest BCUT2D eigenvalue weighted by Gasteiger charge is -2.33. The molecule has 1 fully saturated rings. The number of hydrogen-bond donors (Lipinski definition) is 1. The van der Waals surface area contributed by atoms with Crippen molar-refractivity contribution >= 4 is 15.7 Å². The van der Waals surface area contributed by atoms with Crippen molar-refractivity contribution in [3.8, 4) is 0 Å². The van der Waals surface area contributed by atoms with Gasteiger partial charge in [-0.2, -0.15) is 4.31 Å². The molecule has 2 heterocycles. The Labute approximate surface area is 143 Å². The third kappa shape index (κ3) is 3.60. The summed E-state index contributed by atoms with van der Waals surface area (Å²) in [5.41, 5.74) is 3.53. The Kier molecular flexibility index (Phi) is 4.87. The van der Waals surface area contributed by atoms with Crippen molar-refractivity contribution in [1.82, 2.24) is 9.29 Å². The number of nitrogens with zero attached hydrogens (tertiary/aromatic N) is 2. The predicted molar refractivity (Wildman–Crippen MR) is 95.6 cm³/mol. The molecule has 1 aromatic heterocycles. The Morgan fingerprint density at radius 3 is 2.75 bits per heavy atom. The van der Waals surface area contributed by atoms with Gasteiger partial charge in [0.25, 0.3) is 0 Å². The second kappa shape index (κ2) is 6.91. The molecule has 6 heteroatoms. The quantitative estimate of drug-likeness (QED) is 0.925. The molecule has 1 aromatic carbocycles. The number of aryl methyl sites for hydroxylation is 2. The lowest BCUT2D eigenvalue weighted by atomic mass is 10.1. The number of anilines is 1. The predicted octanol–water partition coefficient (Wildman–Crippen LogP) is 2.96.